The van der Waals surface area contributed by atoms with Gasteiger partial charge in [-0.05, 0) is 38.5 Å². The summed E-state index contributed by atoms with van der Waals surface area (Å²) in [6.07, 6.45) is 24.8. The van der Waals surface area contributed by atoms with Gasteiger partial charge in [-0.25, -0.2) is 4.57 Å². The Labute approximate surface area is 249 Å². The zero-order valence-corrected chi connectivity index (χ0v) is 26.9. The number of rotatable bonds is 30. The van der Waals surface area contributed by atoms with Crippen molar-refractivity contribution >= 4 is 19.7 Å². The maximum Gasteiger partial charge on any atom is 0.472 e. The molecule has 0 saturated carbocycles. The maximum atomic E-state index is 11.9. The van der Waals surface area contributed by atoms with Gasteiger partial charge in [0.05, 0.1) is 13.2 Å². The molecule has 10 heteroatoms. The Kier molecular flexibility index (Phi) is 28.0. The van der Waals surface area contributed by atoms with E-state index in [1.807, 2.05) is 0 Å². The van der Waals surface area contributed by atoms with Gasteiger partial charge >= 0.3 is 13.8 Å². The van der Waals surface area contributed by atoms with Crippen molar-refractivity contribution in [2.45, 2.75) is 148 Å². The SMILES string of the molecule is CCCCCCCCC/C=C\CCCCCCCC(=O)OCC(O)COP(=O)(O)OCCNC(=O)CCCCCC. The van der Waals surface area contributed by atoms with E-state index in [-0.39, 0.29) is 32.1 Å². The molecule has 0 aliphatic carbocycles. The molecule has 0 fully saturated rings. The Morgan fingerprint density at radius 2 is 1.24 bits per heavy atom. The quantitative estimate of drug-likeness (QED) is 0.0331. The standard InChI is InChI=1S/C31H60NO8P/c1-3-5-7-9-10-11-12-13-14-15-16-17-18-19-20-22-24-31(35)38-27-29(33)28-40-41(36,37)39-26-25-32-30(34)23-21-8-6-4-2/h14-15,29,33H,3-13,16-28H2,1-2H3,(H,32,34)(H,36,37)/b15-14-. The Morgan fingerprint density at radius 3 is 1.85 bits per heavy atom. The van der Waals surface area contributed by atoms with Gasteiger partial charge in [-0.3, -0.25) is 18.6 Å². The summed E-state index contributed by atoms with van der Waals surface area (Å²) in [6.45, 7) is 3.39. The number of amides is 1. The van der Waals surface area contributed by atoms with Crippen molar-refractivity contribution in [2.75, 3.05) is 26.4 Å². The molecule has 41 heavy (non-hydrogen) atoms. The van der Waals surface area contributed by atoms with E-state index in [0.717, 1.165) is 64.2 Å². The first-order valence-corrected chi connectivity index (χ1v) is 17.7. The van der Waals surface area contributed by atoms with Crippen molar-refractivity contribution in [1.29, 1.82) is 0 Å². The highest BCUT2D eigenvalue weighted by Crippen LogP contribution is 2.42. The van der Waals surface area contributed by atoms with E-state index in [4.69, 9.17) is 13.8 Å². The first-order chi connectivity index (χ1) is 19.8. The summed E-state index contributed by atoms with van der Waals surface area (Å²) >= 11 is 0. The van der Waals surface area contributed by atoms with Crippen molar-refractivity contribution in [3.8, 4) is 0 Å². The number of unbranched alkanes of at least 4 members (excludes halogenated alkanes) is 15. The lowest BCUT2D eigenvalue weighted by atomic mass is 10.1. The summed E-state index contributed by atoms with van der Waals surface area (Å²) in [5.41, 5.74) is 0. The lowest BCUT2D eigenvalue weighted by molar-refractivity contribution is -0.147. The largest absolute Gasteiger partial charge is 0.472 e. The molecule has 0 aromatic rings. The Hall–Kier alpha value is -1.25. The minimum absolute atomic E-state index is 0.0804. The topological polar surface area (TPSA) is 131 Å². The fourth-order valence-corrected chi connectivity index (χ4v) is 4.95. The fraction of sp³-hybridized carbons (Fsp3) is 0.871. The molecule has 3 N–H and O–H groups in total. The van der Waals surface area contributed by atoms with E-state index in [1.54, 1.807) is 0 Å². The minimum atomic E-state index is -4.39. The number of aliphatic hydroxyl groups is 1. The summed E-state index contributed by atoms with van der Waals surface area (Å²) in [4.78, 5) is 33.2. The van der Waals surface area contributed by atoms with E-state index in [0.29, 0.717) is 6.42 Å². The lowest BCUT2D eigenvalue weighted by Gasteiger charge is -2.15. The third-order valence-electron chi connectivity index (χ3n) is 6.70. The molecule has 2 unspecified atom stereocenters. The number of aliphatic hydroxyl groups excluding tert-OH is 1. The highest BCUT2D eigenvalue weighted by Gasteiger charge is 2.23. The molecule has 0 bridgehead atoms. The average Bonchev–Trinajstić information content (AvgIpc) is 2.95. The third kappa shape index (κ3) is 30.0. The van der Waals surface area contributed by atoms with E-state index >= 15 is 0 Å². The molecule has 0 radical (unpaired) electrons. The van der Waals surface area contributed by atoms with Crippen LogP contribution in [0.2, 0.25) is 0 Å². The summed E-state index contributed by atoms with van der Waals surface area (Å²) < 4.78 is 26.5. The van der Waals surface area contributed by atoms with E-state index in [1.165, 1.54) is 51.4 Å². The number of ether oxygens (including phenoxy) is 1. The highest BCUT2D eigenvalue weighted by molar-refractivity contribution is 7.47. The summed E-state index contributed by atoms with van der Waals surface area (Å²) in [5, 5.41) is 12.5. The number of nitrogens with one attached hydrogen (secondary N) is 1. The first-order valence-electron chi connectivity index (χ1n) is 16.2. The van der Waals surface area contributed by atoms with Gasteiger partial charge in [0.15, 0.2) is 0 Å². The molecule has 0 aliphatic heterocycles. The van der Waals surface area contributed by atoms with E-state index in [9.17, 15) is 24.2 Å². The van der Waals surface area contributed by atoms with Crippen molar-refractivity contribution in [3.63, 3.8) is 0 Å². The van der Waals surface area contributed by atoms with Gasteiger partial charge in [-0.1, -0.05) is 103 Å². The van der Waals surface area contributed by atoms with Crippen LogP contribution in [0.3, 0.4) is 0 Å². The van der Waals surface area contributed by atoms with E-state index in [2.05, 4.69) is 31.3 Å². The average molecular weight is 606 g/mol. The van der Waals surface area contributed by atoms with Crippen molar-refractivity contribution < 1.29 is 37.9 Å². The highest BCUT2D eigenvalue weighted by atomic mass is 31.2. The zero-order chi connectivity index (χ0) is 30.4. The molecule has 0 spiro atoms. The number of hydrogen-bond acceptors (Lipinski definition) is 7. The van der Waals surface area contributed by atoms with Crippen LogP contribution >= 0.6 is 7.82 Å². The van der Waals surface area contributed by atoms with Gasteiger partial charge in [0.2, 0.25) is 5.91 Å². The first kappa shape index (κ1) is 39.8. The van der Waals surface area contributed by atoms with Crippen molar-refractivity contribution in [1.82, 2.24) is 5.32 Å². The molecule has 0 aromatic carbocycles. The van der Waals surface area contributed by atoms with Crippen LogP contribution in [0.15, 0.2) is 12.2 Å². The summed E-state index contributed by atoms with van der Waals surface area (Å²) in [6, 6.07) is 0. The smallest absolute Gasteiger partial charge is 0.463 e. The van der Waals surface area contributed by atoms with Gasteiger partial charge in [-0.2, -0.15) is 0 Å². The Morgan fingerprint density at radius 1 is 0.732 bits per heavy atom. The summed E-state index contributed by atoms with van der Waals surface area (Å²) in [5.74, 6) is -0.543. The molecule has 0 aromatic heterocycles. The second-order valence-corrected chi connectivity index (χ2v) is 12.2. The molecule has 0 aliphatic rings. The summed E-state index contributed by atoms with van der Waals surface area (Å²) in [7, 11) is -4.39. The zero-order valence-electron chi connectivity index (χ0n) is 26.0. The fourth-order valence-electron chi connectivity index (χ4n) is 4.20. The van der Waals surface area contributed by atoms with Crippen LogP contribution in [0.5, 0.6) is 0 Å². The van der Waals surface area contributed by atoms with Gasteiger partial charge in [0.1, 0.15) is 12.7 Å². The van der Waals surface area contributed by atoms with Gasteiger partial charge in [-0.15, -0.1) is 0 Å². The number of hydrogen-bond donors (Lipinski definition) is 3. The molecular weight excluding hydrogens is 545 g/mol. The van der Waals surface area contributed by atoms with Crippen LogP contribution in [0.4, 0.5) is 0 Å². The van der Waals surface area contributed by atoms with Crippen molar-refractivity contribution in [2.24, 2.45) is 0 Å². The molecule has 1 amide bonds. The van der Waals surface area contributed by atoms with Crippen LogP contribution in [-0.2, 0) is 27.9 Å². The second kappa shape index (κ2) is 28.9. The Balaban J connectivity index is 3.62. The number of carbonyl (C=O) groups is 2. The second-order valence-electron chi connectivity index (χ2n) is 10.8. The van der Waals surface area contributed by atoms with Gasteiger partial charge in [0.25, 0.3) is 0 Å². The molecular formula is C31H60NO8P. The predicted molar refractivity (Wildman–Crippen MR) is 165 cm³/mol. The van der Waals surface area contributed by atoms with Crippen LogP contribution in [0, 0.1) is 0 Å². The molecule has 242 valence electrons. The van der Waals surface area contributed by atoms with Crippen LogP contribution in [-0.4, -0.2) is 54.3 Å². The van der Waals surface area contributed by atoms with E-state index < -0.39 is 26.5 Å². The molecule has 0 heterocycles. The maximum absolute atomic E-state index is 11.9. The predicted octanol–water partition coefficient (Wildman–Crippen LogP) is 7.54. The van der Waals surface area contributed by atoms with Gasteiger partial charge in [0, 0.05) is 19.4 Å². The number of phosphoric ester groups is 1. The number of allylic oxidation sites excluding steroid dienone is 2. The van der Waals surface area contributed by atoms with Crippen LogP contribution < -0.4 is 5.32 Å². The molecule has 0 saturated heterocycles. The van der Waals surface area contributed by atoms with Crippen molar-refractivity contribution in [3.05, 3.63) is 12.2 Å². The molecule has 0 rings (SSSR count). The van der Waals surface area contributed by atoms with Gasteiger partial charge < -0.3 is 20.1 Å². The van der Waals surface area contributed by atoms with Crippen LogP contribution in [0.1, 0.15) is 142 Å². The normalized spacial score (nSPS) is 13.8. The van der Waals surface area contributed by atoms with Crippen LogP contribution in [0.25, 0.3) is 0 Å². The Bertz CT molecular complexity index is 704. The third-order valence-corrected chi connectivity index (χ3v) is 7.68. The lowest BCUT2D eigenvalue weighted by Crippen LogP contribution is -2.27. The number of esters is 1. The minimum Gasteiger partial charge on any atom is -0.463 e. The number of phosphoric acid groups is 1. The molecule has 9 nitrogen and oxygen atoms in total. The monoisotopic (exact) mass is 605 g/mol. The molecule has 2 atom stereocenters. The number of carbonyl (C=O) groups excluding carboxylic acids is 2.